The van der Waals surface area contributed by atoms with Crippen LogP contribution in [0.1, 0.15) is 45.2 Å². The van der Waals surface area contributed by atoms with E-state index in [1.807, 2.05) is 39.1 Å². The molecule has 5 heteroatoms. The summed E-state index contributed by atoms with van der Waals surface area (Å²) in [5, 5.41) is 22.7. The summed E-state index contributed by atoms with van der Waals surface area (Å²) in [6.07, 6.45) is 0.700. The molecule has 1 aromatic rings. The molecule has 1 unspecified atom stereocenters. The molecule has 0 aromatic heterocycles. The molecule has 0 heterocycles. The Bertz CT molecular complexity index is 459. The third-order valence-corrected chi connectivity index (χ3v) is 4.19. The van der Waals surface area contributed by atoms with Gasteiger partial charge in [0.1, 0.15) is 0 Å². The van der Waals surface area contributed by atoms with Gasteiger partial charge in [-0.3, -0.25) is 0 Å². The number of rotatable bonds is 8. The van der Waals surface area contributed by atoms with Crippen molar-refractivity contribution in [3.05, 3.63) is 29.3 Å². The molecule has 4 nitrogen and oxygen atoms in total. The van der Waals surface area contributed by atoms with Gasteiger partial charge in [-0.2, -0.15) is 0 Å². The van der Waals surface area contributed by atoms with Crippen molar-refractivity contribution in [2.75, 3.05) is 7.05 Å². The Morgan fingerprint density at radius 2 is 1.90 bits per heavy atom. The average Bonchev–Trinajstić information content (AvgIpc) is 2.44. The normalized spacial score (nSPS) is 14.8. The average molecular weight is 292 g/mol. The molecule has 3 N–H and O–H groups in total. The Balaban J connectivity index is 2.86. The summed E-state index contributed by atoms with van der Waals surface area (Å²) >= 11 is 0. The second kappa shape index (κ2) is 7.41. The molecule has 117 valence electrons. The molecule has 0 aliphatic heterocycles. The van der Waals surface area contributed by atoms with Gasteiger partial charge in [-0.1, -0.05) is 30.6 Å². The van der Waals surface area contributed by atoms with Crippen LogP contribution in [0, 0.1) is 0 Å². The van der Waals surface area contributed by atoms with Gasteiger partial charge in [0, 0.05) is 6.54 Å². The van der Waals surface area contributed by atoms with Gasteiger partial charge in [0.2, 0.25) is 0 Å². The van der Waals surface area contributed by atoms with Crippen LogP contribution < -0.4 is 10.8 Å². The molecule has 0 aliphatic carbocycles. The van der Waals surface area contributed by atoms with Gasteiger partial charge in [-0.05, 0) is 45.4 Å². The van der Waals surface area contributed by atoms with E-state index in [-0.39, 0.29) is 6.61 Å². The first-order valence-corrected chi connectivity index (χ1v) is 7.38. The molecule has 0 spiro atoms. The summed E-state index contributed by atoms with van der Waals surface area (Å²) in [7, 11) is 3.55. The SMILES string of the molecule is CCC(C)(O[B]c1ccc(CO)c(CNC)c1)C(C)(C)O. The zero-order chi connectivity index (χ0) is 16.1. The van der Waals surface area contributed by atoms with Crippen LogP contribution in [0.4, 0.5) is 0 Å². The Labute approximate surface area is 128 Å². The first kappa shape index (κ1) is 18.2. The summed E-state index contributed by atoms with van der Waals surface area (Å²) in [5.41, 5.74) is 1.28. The summed E-state index contributed by atoms with van der Waals surface area (Å²) in [5.74, 6) is 0. The summed E-state index contributed by atoms with van der Waals surface area (Å²) in [6, 6.07) is 5.79. The molecule has 1 rings (SSSR count). The smallest absolute Gasteiger partial charge is 0.330 e. The number of benzene rings is 1. The van der Waals surface area contributed by atoms with Gasteiger partial charge in [-0.15, -0.1) is 0 Å². The quantitative estimate of drug-likeness (QED) is 0.628. The van der Waals surface area contributed by atoms with Crippen LogP contribution in [0.15, 0.2) is 18.2 Å². The monoisotopic (exact) mass is 292 g/mol. The van der Waals surface area contributed by atoms with Crippen molar-refractivity contribution in [3.8, 4) is 0 Å². The van der Waals surface area contributed by atoms with E-state index in [0.717, 1.165) is 16.6 Å². The molecule has 1 atom stereocenters. The van der Waals surface area contributed by atoms with Crippen molar-refractivity contribution in [2.45, 2.75) is 58.5 Å². The number of hydrogen-bond acceptors (Lipinski definition) is 4. The molecule has 0 fully saturated rings. The first-order chi connectivity index (χ1) is 9.77. The van der Waals surface area contributed by atoms with E-state index in [1.165, 1.54) is 0 Å². The first-order valence-electron chi connectivity index (χ1n) is 7.38. The van der Waals surface area contributed by atoms with Gasteiger partial charge in [0.25, 0.3) is 0 Å². The highest BCUT2D eigenvalue weighted by molar-refractivity contribution is 6.47. The highest BCUT2D eigenvalue weighted by Gasteiger charge is 2.38. The third-order valence-electron chi connectivity index (χ3n) is 4.19. The van der Waals surface area contributed by atoms with Crippen LogP contribution in [-0.4, -0.2) is 35.9 Å². The van der Waals surface area contributed by atoms with Crippen LogP contribution in [0.5, 0.6) is 0 Å². The highest BCUT2D eigenvalue weighted by Crippen LogP contribution is 2.28. The highest BCUT2D eigenvalue weighted by atomic mass is 16.5. The molecule has 0 amide bonds. The van der Waals surface area contributed by atoms with Crippen LogP contribution in [0.25, 0.3) is 0 Å². The van der Waals surface area contributed by atoms with Crippen molar-refractivity contribution < 1.29 is 14.9 Å². The van der Waals surface area contributed by atoms with Crippen molar-refractivity contribution >= 4 is 12.9 Å². The lowest BCUT2D eigenvalue weighted by Crippen LogP contribution is -2.51. The number of hydrogen-bond donors (Lipinski definition) is 3. The fraction of sp³-hybridized carbons (Fsp3) is 0.625. The predicted molar refractivity (Wildman–Crippen MR) is 86.6 cm³/mol. The van der Waals surface area contributed by atoms with E-state index in [2.05, 4.69) is 5.32 Å². The van der Waals surface area contributed by atoms with Crippen molar-refractivity contribution in [3.63, 3.8) is 0 Å². The van der Waals surface area contributed by atoms with Crippen molar-refractivity contribution in [2.24, 2.45) is 0 Å². The molecule has 0 aliphatic rings. The van der Waals surface area contributed by atoms with Crippen molar-refractivity contribution in [1.29, 1.82) is 0 Å². The number of nitrogens with one attached hydrogen (secondary N) is 1. The lowest BCUT2D eigenvalue weighted by atomic mass is 9.79. The van der Waals surface area contributed by atoms with Crippen LogP contribution in [0.3, 0.4) is 0 Å². The zero-order valence-electron chi connectivity index (χ0n) is 13.7. The summed E-state index contributed by atoms with van der Waals surface area (Å²) in [4.78, 5) is 0. The predicted octanol–water partition coefficient (Wildman–Crippen LogP) is 1.10. The minimum absolute atomic E-state index is 0.0223. The van der Waals surface area contributed by atoms with E-state index < -0.39 is 11.2 Å². The molecule has 0 saturated heterocycles. The maximum Gasteiger partial charge on any atom is 0.330 e. The minimum atomic E-state index is -0.933. The Kier molecular flexibility index (Phi) is 6.41. The Hall–Kier alpha value is -0.875. The van der Waals surface area contributed by atoms with Crippen LogP contribution in [0.2, 0.25) is 0 Å². The Morgan fingerprint density at radius 3 is 2.38 bits per heavy atom. The van der Waals surface area contributed by atoms with E-state index in [4.69, 9.17) is 4.65 Å². The summed E-state index contributed by atoms with van der Waals surface area (Å²) in [6.45, 7) is 8.12. The lowest BCUT2D eigenvalue weighted by molar-refractivity contribution is -0.103. The van der Waals surface area contributed by atoms with Gasteiger partial charge in [-0.25, -0.2) is 0 Å². The second-order valence-electron chi connectivity index (χ2n) is 6.10. The van der Waals surface area contributed by atoms with E-state index in [0.29, 0.717) is 13.0 Å². The van der Waals surface area contributed by atoms with Gasteiger partial charge in [0.15, 0.2) is 0 Å². The van der Waals surface area contributed by atoms with Crippen LogP contribution in [-0.2, 0) is 17.8 Å². The molecule has 1 radical (unpaired) electrons. The third kappa shape index (κ3) is 4.55. The molecule has 21 heavy (non-hydrogen) atoms. The van der Waals surface area contributed by atoms with E-state index in [9.17, 15) is 10.2 Å². The molecule has 1 aromatic carbocycles. The summed E-state index contributed by atoms with van der Waals surface area (Å²) < 4.78 is 5.88. The molecule has 0 bridgehead atoms. The van der Waals surface area contributed by atoms with Gasteiger partial charge < -0.3 is 20.2 Å². The lowest BCUT2D eigenvalue weighted by Gasteiger charge is -2.40. The standard InChI is InChI=1S/C16H27BNO3/c1-6-16(4,15(2,3)20)21-17-14-8-7-12(11-19)13(9-14)10-18-5/h7-9,18-20H,6,10-11H2,1-5H3. The topological polar surface area (TPSA) is 61.7 Å². The van der Waals surface area contributed by atoms with Crippen molar-refractivity contribution in [1.82, 2.24) is 5.32 Å². The van der Waals surface area contributed by atoms with E-state index >= 15 is 0 Å². The second-order valence-corrected chi connectivity index (χ2v) is 6.10. The number of aliphatic hydroxyl groups is 2. The minimum Gasteiger partial charge on any atom is -0.426 e. The fourth-order valence-corrected chi connectivity index (χ4v) is 2.09. The largest absolute Gasteiger partial charge is 0.426 e. The Morgan fingerprint density at radius 1 is 1.24 bits per heavy atom. The molecular formula is C16H27BNO3. The van der Waals surface area contributed by atoms with Crippen LogP contribution >= 0.6 is 0 Å². The number of aliphatic hydroxyl groups excluding tert-OH is 1. The fourth-order valence-electron chi connectivity index (χ4n) is 2.09. The van der Waals surface area contributed by atoms with Gasteiger partial charge >= 0.3 is 7.48 Å². The van der Waals surface area contributed by atoms with E-state index in [1.54, 1.807) is 21.3 Å². The zero-order valence-corrected chi connectivity index (χ0v) is 13.7. The molecular weight excluding hydrogens is 265 g/mol. The van der Waals surface area contributed by atoms with Gasteiger partial charge in [0.05, 0.1) is 17.8 Å². The maximum atomic E-state index is 10.2. The molecule has 0 saturated carbocycles. The maximum absolute atomic E-state index is 10.2.